The van der Waals surface area contributed by atoms with Crippen molar-refractivity contribution in [2.24, 2.45) is 0 Å². The fourth-order valence-corrected chi connectivity index (χ4v) is 7.74. The number of hydrogen-bond donors (Lipinski definition) is 1. The number of nitrogens with zero attached hydrogens (tertiary/aromatic N) is 4. The fourth-order valence-electron chi connectivity index (χ4n) is 4.91. The van der Waals surface area contributed by atoms with E-state index < -0.39 is 0 Å². The van der Waals surface area contributed by atoms with E-state index in [1.54, 1.807) is 60.4 Å². The predicted octanol–water partition coefficient (Wildman–Crippen LogP) is 12.8. The van der Waals surface area contributed by atoms with Gasteiger partial charge in [-0.1, -0.05) is 80.3 Å². The number of ether oxygens (including phenoxy) is 2. The standard InChI is InChI=1S/C14H26NOS.C12H21NOS.C7H17NO.C5H5BrS.C2H5Br.C2H3N.4CH4.BrH.Cu.HI/c1-5-15(6-2,7-3)9-8-10-16-14-12-17-11-13(14)4;1-4-13(5-2)7-6-8-14-12-10-15-9-11(12)3;1-3-8(4-2)6-5-7-9;1-4-2-7-3-5(4)6;2*1-2-3;;;;;;;/h11-12H,5-10H2,1-4H3;9-10H,4-8H2,1-3H3;9H,3-7H2,1-2H3;2-3H,1H3;2H2,1H3;1H3;4*1H4;1H;;1H/q+1;;;;;;;;;;;+1;/p-2. The van der Waals surface area contributed by atoms with Crippen LogP contribution in [0.15, 0.2) is 36.8 Å². The van der Waals surface area contributed by atoms with Crippen molar-refractivity contribution < 1.29 is 48.8 Å². The zero-order valence-electron chi connectivity index (χ0n) is 37.1. The molecule has 0 aromatic carbocycles. The minimum absolute atomic E-state index is 0. The molecular formula is C46H93Br3CuIN4O3S3. The molecule has 0 saturated heterocycles. The van der Waals surface area contributed by atoms with E-state index in [9.17, 15) is 0 Å². The number of aliphatic hydroxyl groups is 1. The number of rotatable bonds is 20. The van der Waals surface area contributed by atoms with Crippen LogP contribution in [-0.4, -0.2) is 110 Å². The third kappa shape index (κ3) is 47.0. The normalized spacial score (nSPS) is 9.16. The first-order valence-electron chi connectivity index (χ1n) is 19.8. The van der Waals surface area contributed by atoms with Gasteiger partial charge >= 0.3 is 33.1 Å². The third-order valence-corrected chi connectivity index (χ3v) is 12.5. The Hall–Kier alpha value is 0.719. The third-order valence-electron chi connectivity index (χ3n) is 8.75. The van der Waals surface area contributed by atoms with Crippen molar-refractivity contribution in [1.82, 2.24) is 9.80 Å². The van der Waals surface area contributed by atoms with Crippen LogP contribution >= 0.6 is 86.2 Å². The molecule has 1 N–H and O–H groups in total. The molecule has 0 radical (unpaired) electrons. The molecule has 0 saturated carbocycles. The van der Waals surface area contributed by atoms with Crippen molar-refractivity contribution in [3.8, 4) is 17.6 Å². The fraction of sp³-hybridized carbons (Fsp3) is 0.717. The number of hydrogen-bond acceptors (Lipinski definition) is 9. The number of thiophene rings is 3. The second-order valence-corrected chi connectivity index (χ2v) is 16.5. The van der Waals surface area contributed by atoms with Crippen LogP contribution in [0.5, 0.6) is 11.5 Å². The number of nitriles is 1. The molecule has 0 spiro atoms. The van der Waals surface area contributed by atoms with Crippen molar-refractivity contribution in [3.05, 3.63) is 53.4 Å². The molecule has 7 nitrogen and oxygen atoms in total. The van der Waals surface area contributed by atoms with Gasteiger partial charge in [-0.25, -0.2) is 0 Å². The van der Waals surface area contributed by atoms with Gasteiger partial charge < -0.3 is 45.8 Å². The molecule has 0 unspecified atom stereocenters. The van der Waals surface area contributed by atoms with Crippen LogP contribution in [0.4, 0.5) is 0 Å². The summed E-state index contributed by atoms with van der Waals surface area (Å²) in [5.41, 5.74) is 3.84. The van der Waals surface area contributed by atoms with Crippen LogP contribution in [-0.2, 0) is 12.8 Å². The van der Waals surface area contributed by atoms with Gasteiger partial charge in [0.1, 0.15) is 11.5 Å². The minimum atomic E-state index is 0. The molecule has 15 heteroatoms. The van der Waals surface area contributed by atoms with Gasteiger partial charge in [0.15, 0.2) is 0 Å². The van der Waals surface area contributed by atoms with Gasteiger partial charge in [-0.15, -0.1) is 22.7 Å². The Morgan fingerprint density at radius 1 is 0.672 bits per heavy atom. The molecule has 0 bridgehead atoms. The summed E-state index contributed by atoms with van der Waals surface area (Å²) < 4.78 is 13.9. The van der Waals surface area contributed by atoms with Gasteiger partial charge in [-0.05, 0) is 118 Å². The van der Waals surface area contributed by atoms with Gasteiger partial charge in [0.05, 0.1) is 45.5 Å². The molecular weight excluding hydrogens is 1180 g/mol. The summed E-state index contributed by atoms with van der Waals surface area (Å²) >= 11 is 17.5. The van der Waals surface area contributed by atoms with Crippen molar-refractivity contribution >= 4 is 86.2 Å². The summed E-state index contributed by atoms with van der Waals surface area (Å²) in [6.45, 7) is 38.8. The van der Waals surface area contributed by atoms with Gasteiger partial charge in [0.2, 0.25) is 0 Å². The Balaban J connectivity index is -0.0000000804. The van der Waals surface area contributed by atoms with Crippen LogP contribution in [0.2, 0.25) is 0 Å². The summed E-state index contributed by atoms with van der Waals surface area (Å²) in [6.07, 6.45) is 3.16. The number of quaternary nitrogens is 1. The number of alkyl halides is 1. The molecule has 0 aliphatic carbocycles. The van der Waals surface area contributed by atoms with Crippen molar-refractivity contribution in [2.45, 2.75) is 132 Å². The van der Waals surface area contributed by atoms with E-state index >= 15 is 0 Å². The summed E-state index contributed by atoms with van der Waals surface area (Å²) in [5.74, 6) is 2.12. The van der Waals surface area contributed by atoms with E-state index in [2.05, 4.69) is 156 Å². The molecule has 0 atom stereocenters. The van der Waals surface area contributed by atoms with Crippen LogP contribution in [0.1, 0.15) is 128 Å². The van der Waals surface area contributed by atoms with Gasteiger partial charge in [0, 0.05) is 70.1 Å². The van der Waals surface area contributed by atoms with Crippen LogP contribution < -0.4 is 26.5 Å². The van der Waals surface area contributed by atoms with Gasteiger partial charge in [-0.2, -0.15) is 16.6 Å². The summed E-state index contributed by atoms with van der Waals surface area (Å²) in [6, 6.07) is 1.75. The molecule has 3 rings (SSSR count). The molecule has 0 amide bonds. The van der Waals surface area contributed by atoms with E-state index in [-0.39, 0.29) is 46.7 Å². The van der Waals surface area contributed by atoms with E-state index in [1.165, 1.54) is 58.7 Å². The van der Waals surface area contributed by atoms with E-state index in [0.29, 0.717) is 6.61 Å². The van der Waals surface area contributed by atoms with E-state index in [1.807, 2.05) is 6.92 Å². The second-order valence-electron chi connectivity index (χ2n) is 12.3. The summed E-state index contributed by atoms with van der Waals surface area (Å²) in [7, 11) is 0. The molecule has 3 aromatic rings. The SMILES string of the molecule is C.C.C.C.CC#N.CCBr.CCN(CC)CCCO.CCN(CC)CCCOc1cscc1C.CC[N+](CC)(CC)CCCOc1cscc1C.Cc1cscc1Br.[Br-].[Cu][I]. The van der Waals surface area contributed by atoms with Gasteiger partial charge in [0.25, 0.3) is 0 Å². The maximum atomic E-state index is 8.48. The number of aliphatic hydroxyl groups excluding tert-OH is 1. The molecule has 0 aliphatic rings. The van der Waals surface area contributed by atoms with E-state index in [4.69, 9.17) is 19.8 Å². The molecule has 372 valence electrons. The average molecular weight is 1280 g/mol. The van der Waals surface area contributed by atoms with Crippen LogP contribution in [0, 0.1) is 32.1 Å². The van der Waals surface area contributed by atoms with Crippen LogP contribution in [0.25, 0.3) is 0 Å². The van der Waals surface area contributed by atoms with E-state index in [0.717, 1.165) is 88.6 Å². The average Bonchev–Trinajstić information content (AvgIpc) is 3.94. The Bertz CT molecular complexity index is 1230. The molecule has 61 heavy (non-hydrogen) atoms. The van der Waals surface area contributed by atoms with Crippen molar-refractivity contribution in [1.29, 1.82) is 5.26 Å². The number of aryl methyl sites for hydroxylation is 3. The first kappa shape index (κ1) is 81.9. The first-order chi connectivity index (χ1) is 26.9. The molecule has 0 aliphatic heterocycles. The summed E-state index contributed by atoms with van der Waals surface area (Å²) in [4.78, 5) is 4.72. The summed E-state index contributed by atoms with van der Waals surface area (Å²) in [5, 5.41) is 29.5. The van der Waals surface area contributed by atoms with Crippen LogP contribution in [0.3, 0.4) is 0 Å². The topological polar surface area (TPSA) is 69.0 Å². The Morgan fingerprint density at radius 3 is 1.25 bits per heavy atom. The molecule has 0 fully saturated rings. The predicted molar refractivity (Wildman–Crippen MR) is 291 cm³/mol. The monoisotopic (exact) mass is 1270 g/mol. The Morgan fingerprint density at radius 2 is 1.00 bits per heavy atom. The quantitative estimate of drug-likeness (QED) is 0.0400. The molecule has 3 aromatic heterocycles. The number of halogens is 4. The molecule has 3 heterocycles. The Kier molecular flexibility index (Phi) is 81.5. The van der Waals surface area contributed by atoms with Crippen molar-refractivity contribution in [3.63, 3.8) is 0 Å². The zero-order chi connectivity index (χ0) is 43.6. The van der Waals surface area contributed by atoms with Gasteiger partial charge in [-0.3, -0.25) is 0 Å². The second kappa shape index (κ2) is 60.7. The first-order valence-corrected chi connectivity index (χ1v) is 27.6. The zero-order valence-corrected chi connectivity index (χ0v) is 47.4. The Labute approximate surface area is 439 Å². The van der Waals surface area contributed by atoms with Crippen molar-refractivity contribution in [2.75, 3.05) is 90.6 Å². The maximum absolute atomic E-state index is 8.48.